The number of anilines is 1. The van der Waals surface area contributed by atoms with Crippen molar-refractivity contribution in [2.45, 2.75) is 12.8 Å². The number of carbonyl (C=O) groups excluding carboxylic acids is 1. The van der Waals surface area contributed by atoms with Gasteiger partial charge in [0.25, 0.3) is 0 Å². The minimum Gasteiger partial charge on any atom is -0.480 e. The molecule has 2 N–H and O–H groups in total. The Morgan fingerprint density at radius 2 is 1.64 bits per heavy atom. The lowest BCUT2D eigenvalue weighted by Gasteiger charge is -2.22. The van der Waals surface area contributed by atoms with Gasteiger partial charge in [0.2, 0.25) is 5.91 Å². The summed E-state index contributed by atoms with van der Waals surface area (Å²) in [5, 5.41) is 11.7. The van der Waals surface area contributed by atoms with Crippen molar-refractivity contribution in [2.24, 2.45) is 0 Å². The average molecular weight is 396 g/mol. The number of nitrogens with one attached hydrogen (secondary N) is 1. The zero-order valence-electron chi connectivity index (χ0n) is 14.8. The number of carboxylic acid groups (broad SMARTS) is 1. The lowest BCUT2D eigenvalue weighted by Crippen LogP contribution is -2.40. The van der Waals surface area contributed by atoms with E-state index in [1.807, 2.05) is 0 Å². The standard InChI is InChI=1S/C19H19F3N2O4/c20-19(21,22)28-16-8-6-14(7-9-16)10-11-23-17(25)12-24(13-18(26)27)15-4-2-1-3-5-15/h1-9H,10-13H2,(H,23,25)(H,26,27). The first-order valence-corrected chi connectivity index (χ1v) is 8.36. The molecule has 0 bridgehead atoms. The van der Waals surface area contributed by atoms with Gasteiger partial charge in [-0.2, -0.15) is 0 Å². The van der Waals surface area contributed by atoms with Gasteiger partial charge in [0.15, 0.2) is 0 Å². The fraction of sp³-hybridized carbons (Fsp3) is 0.263. The molecule has 0 heterocycles. The molecular weight excluding hydrogens is 377 g/mol. The normalized spacial score (nSPS) is 11.0. The topological polar surface area (TPSA) is 78.9 Å². The van der Waals surface area contributed by atoms with Crippen LogP contribution < -0.4 is 15.0 Å². The van der Waals surface area contributed by atoms with Crippen LogP contribution in [-0.2, 0) is 16.0 Å². The largest absolute Gasteiger partial charge is 0.573 e. The van der Waals surface area contributed by atoms with Gasteiger partial charge in [0.1, 0.15) is 12.3 Å². The molecule has 9 heteroatoms. The van der Waals surface area contributed by atoms with Gasteiger partial charge in [0, 0.05) is 12.2 Å². The summed E-state index contributed by atoms with van der Waals surface area (Å²) in [7, 11) is 0. The van der Waals surface area contributed by atoms with Gasteiger partial charge in [-0.3, -0.25) is 9.59 Å². The van der Waals surface area contributed by atoms with Gasteiger partial charge in [0.05, 0.1) is 6.54 Å². The SMILES string of the molecule is O=C(O)CN(CC(=O)NCCc1ccc(OC(F)(F)F)cc1)c1ccccc1. The van der Waals surface area contributed by atoms with Gasteiger partial charge in [-0.1, -0.05) is 30.3 Å². The number of amides is 1. The summed E-state index contributed by atoms with van der Waals surface area (Å²) in [5.41, 5.74) is 1.33. The third-order valence-electron chi connectivity index (χ3n) is 3.67. The third-order valence-corrected chi connectivity index (χ3v) is 3.67. The Balaban J connectivity index is 1.83. The van der Waals surface area contributed by atoms with Crippen LogP contribution in [0.3, 0.4) is 0 Å². The van der Waals surface area contributed by atoms with Crippen molar-refractivity contribution in [3.63, 3.8) is 0 Å². The number of ether oxygens (including phenoxy) is 1. The van der Waals surface area contributed by atoms with Crippen molar-refractivity contribution in [1.82, 2.24) is 5.32 Å². The molecule has 2 aromatic rings. The van der Waals surface area contributed by atoms with Crippen LogP contribution in [0.4, 0.5) is 18.9 Å². The highest BCUT2D eigenvalue weighted by Crippen LogP contribution is 2.22. The lowest BCUT2D eigenvalue weighted by molar-refractivity contribution is -0.274. The van der Waals surface area contributed by atoms with E-state index in [0.717, 1.165) is 5.56 Å². The van der Waals surface area contributed by atoms with E-state index in [2.05, 4.69) is 10.1 Å². The predicted octanol–water partition coefficient (Wildman–Crippen LogP) is 2.84. The number of nitrogens with zero attached hydrogens (tertiary/aromatic N) is 1. The molecule has 150 valence electrons. The Morgan fingerprint density at radius 1 is 1.00 bits per heavy atom. The summed E-state index contributed by atoms with van der Waals surface area (Å²) in [6.45, 7) is -0.194. The van der Waals surface area contributed by atoms with Crippen LogP contribution in [0.5, 0.6) is 5.75 Å². The van der Waals surface area contributed by atoms with Crippen molar-refractivity contribution in [3.05, 3.63) is 60.2 Å². The highest BCUT2D eigenvalue weighted by molar-refractivity contribution is 5.84. The minimum absolute atomic E-state index is 0.130. The van der Waals surface area contributed by atoms with Crippen LogP contribution >= 0.6 is 0 Å². The number of alkyl halides is 3. The van der Waals surface area contributed by atoms with Crippen molar-refractivity contribution in [1.29, 1.82) is 0 Å². The van der Waals surface area contributed by atoms with Crippen LogP contribution in [0, 0.1) is 0 Å². The Morgan fingerprint density at radius 3 is 2.21 bits per heavy atom. The number of halogens is 3. The maximum absolute atomic E-state index is 12.1. The van der Waals surface area contributed by atoms with E-state index in [1.54, 1.807) is 30.3 Å². The summed E-state index contributed by atoms with van der Waals surface area (Å²) in [6.07, 6.45) is -4.33. The molecule has 0 spiro atoms. The number of carboxylic acids is 1. The zero-order valence-corrected chi connectivity index (χ0v) is 14.8. The zero-order chi connectivity index (χ0) is 20.6. The molecule has 2 rings (SSSR count). The van der Waals surface area contributed by atoms with Gasteiger partial charge in [-0.25, -0.2) is 0 Å². The van der Waals surface area contributed by atoms with E-state index in [-0.39, 0.29) is 31.3 Å². The number of para-hydroxylation sites is 1. The molecule has 28 heavy (non-hydrogen) atoms. The molecule has 0 aliphatic heterocycles. The smallest absolute Gasteiger partial charge is 0.480 e. The summed E-state index contributed by atoms with van der Waals surface area (Å²) < 4.78 is 40.2. The van der Waals surface area contributed by atoms with Crippen LogP contribution in [0.25, 0.3) is 0 Å². The monoisotopic (exact) mass is 396 g/mol. The predicted molar refractivity (Wildman–Crippen MR) is 96.1 cm³/mol. The number of carbonyl (C=O) groups is 2. The first kappa shape index (κ1) is 21.1. The molecule has 0 atom stereocenters. The molecule has 0 aliphatic carbocycles. The highest BCUT2D eigenvalue weighted by Gasteiger charge is 2.30. The molecule has 0 unspecified atom stereocenters. The van der Waals surface area contributed by atoms with Gasteiger partial charge in [-0.05, 0) is 36.2 Å². The molecule has 0 radical (unpaired) electrons. The quantitative estimate of drug-likeness (QED) is 0.682. The Labute approximate surface area is 159 Å². The molecule has 0 saturated carbocycles. The molecule has 6 nitrogen and oxygen atoms in total. The van der Waals surface area contributed by atoms with Crippen LogP contribution in [-0.4, -0.2) is 43.0 Å². The second-order valence-corrected chi connectivity index (χ2v) is 5.88. The Bertz CT molecular complexity index is 780. The Hall–Kier alpha value is -3.23. The second-order valence-electron chi connectivity index (χ2n) is 5.88. The molecule has 0 saturated heterocycles. The van der Waals surface area contributed by atoms with Crippen molar-refractivity contribution >= 4 is 17.6 Å². The third kappa shape index (κ3) is 7.56. The number of hydrogen-bond donors (Lipinski definition) is 2. The number of rotatable bonds is 9. The van der Waals surface area contributed by atoms with Crippen LogP contribution in [0.2, 0.25) is 0 Å². The van der Waals surface area contributed by atoms with Crippen LogP contribution in [0.1, 0.15) is 5.56 Å². The molecular formula is C19H19F3N2O4. The average Bonchev–Trinajstić information content (AvgIpc) is 2.62. The summed E-state index contributed by atoms with van der Waals surface area (Å²) in [4.78, 5) is 24.6. The summed E-state index contributed by atoms with van der Waals surface area (Å²) >= 11 is 0. The molecule has 2 aromatic carbocycles. The fourth-order valence-corrected chi connectivity index (χ4v) is 2.47. The van der Waals surface area contributed by atoms with Gasteiger partial charge < -0.3 is 20.1 Å². The molecule has 0 fully saturated rings. The minimum atomic E-state index is -4.74. The molecule has 0 aliphatic rings. The number of hydrogen-bond acceptors (Lipinski definition) is 4. The van der Waals surface area contributed by atoms with E-state index in [0.29, 0.717) is 12.1 Å². The summed E-state index contributed by atoms with van der Waals surface area (Å²) in [5.74, 6) is -1.73. The van der Waals surface area contributed by atoms with E-state index in [1.165, 1.54) is 29.2 Å². The van der Waals surface area contributed by atoms with Crippen molar-refractivity contribution in [2.75, 3.05) is 24.5 Å². The Kier molecular flexibility index (Phi) is 7.25. The van der Waals surface area contributed by atoms with Crippen molar-refractivity contribution in [3.8, 4) is 5.75 Å². The van der Waals surface area contributed by atoms with Crippen LogP contribution in [0.15, 0.2) is 54.6 Å². The van der Waals surface area contributed by atoms with Gasteiger partial charge in [-0.15, -0.1) is 13.2 Å². The maximum Gasteiger partial charge on any atom is 0.573 e. The van der Waals surface area contributed by atoms with E-state index >= 15 is 0 Å². The second kappa shape index (κ2) is 9.63. The number of benzene rings is 2. The fourth-order valence-electron chi connectivity index (χ4n) is 2.47. The van der Waals surface area contributed by atoms with Gasteiger partial charge >= 0.3 is 12.3 Å². The van der Waals surface area contributed by atoms with E-state index in [9.17, 15) is 22.8 Å². The number of aliphatic carboxylic acids is 1. The summed E-state index contributed by atoms with van der Waals surface area (Å²) in [6, 6.07) is 14.1. The maximum atomic E-state index is 12.1. The highest BCUT2D eigenvalue weighted by atomic mass is 19.4. The van der Waals surface area contributed by atoms with E-state index in [4.69, 9.17) is 5.11 Å². The molecule has 0 aromatic heterocycles. The first-order valence-electron chi connectivity index (χ1n) is 8.36. The lowest BCUT2D eigenvalue weighted by atomic mass is 10.1. The van der Waals surface area contributed by atoms with E-state index < -0.39 is 12.3 Å². The van der Waals surface area contributed by atoms with Crippen molar-refractivity contribution < 1.29 is 32.6 Å². The molecule has 1 amide bonds. The first-order chi connectivity index (χ1) is 13.2.